The van der Waals surface area contributed by atoms with Gasteiger partial charge in [0.1, 0.15) is 18.1 Å². The van der Waals surface area contributed by atoms with Crippen molar-refractivity contribution in [2.75, 3.05) is 50.1 Å². The molecule has 0 saturated carbocycles. The fraction of sp³-hybridized carbons (Fsp3) is 0.286. The Bertz CT molecular complexity index is 1540. The van der Waals surface area contributed by atoms with Crippen molar-refractivity contribution in [3.05, 3.63) is 88.3 Å². The lowest BCUT2D eigenvalue weighted by Crippen LogP contribution is -2.44. The Morgan fingerprint density at radius 2 is 1.95 bits per heavy atom. The average Bonchev–Trinajstić information content (AvgIpc) is 3.32. The highest BCUT2D eigenvalue weighted by Gasteiger charge is 2.30. The number of nitrogens with zero attached hydrogens (tertiary/aromatic N) is 6. The fourth-order valence-corrected chi connectivity index (χ4v) is 5.93. The van der Waals surface area contributed by atoms with Gasteiger partial charge in [0.15, 0.2) is 4.96 Å². The second-order valence-electron chi connectivity index (χ2n) is 9.47. The largest absolute Gasteiger partial charge is 0.489 e. The molecule has 9 nitrogen and oxygen atoms in total. The van der Waals surface area contributed by atoms with Crippen molar-refractivity contribution in [2.45, 2.75) is 12.5 Å². The van der Waals surface area contributed by atoms with Crippen LogP contribution in [0.5, 0.6) is 0 Å². The number of nitrogens with one attached hydrogen (secondary N) is 1. The summed E-state index contributed by atoms with van der Waals surface area (Å²) in [4.78, 5) is 33.3. The van der Waals surface area contributed by atoms with E-state index in [0.29, 0.717) is 35.4 Å². The maximum Gasteiger partial charge on any atom is 0.259 e. The molecule has 3 aliphatic heterocycles. The quantitative estimate of drug-likeness (QED) is 0.522. The number of anilines is 2. The monoisotopic (exact) mass is 527 g/mol. The van der Waals surface area contributed by atoms with Crippen LogP contribution in [-0.4, -0.2) is 71.8 Å². The van der Waals surface area contributed by atoms with Gasteiger partial charge >= 0.3 is 0 Å². The van der Waals surface area contributed by atoms with Crippen molar-refractivity contribution in [1.29, 1.82) is 0 Å². The normalized spacial score (nSPS) is 20.9. The summed E-state index contributed by atoms with van der Waals surface area (Å²) >= 11 is 1.44. The molecule has 194 valence electrons. The van der Waals surface area contributed by atoms with E-state index in [2.05, 4.69) is 58.0 Å². The predicted octanol–water partition coefficient (Wildman–Crippen LogP) is 3.65. The standard InChI is InChI=1S/C28H29N7O2S/c1-3-4-5-6-23-25-26(38-28-29-12-11-24(36)35(25)28)22-17-20(18-37-23)31-27(32-22)30-19-7-9-21(10-8-19)34-15-13-33(2)14-16-34/h3-12,20H,1,13-18H2,2H3,(H,30,31)/b5-4-,23-6-. The van der Waals surface area contributed by atoms with Crippen LogP contribution in [0.2, 0.25) is 0 Å². The first kappa shape index (κ1) is 24.3. The summed E-state index contributed by atoms with van der Waals surface area (Å²) in [6.07, 6.45) is 9.36. The lowest BCUT2D eigenvalue weighted by atomic mass is 10.0. The van der Waals surface area contributed by atoms with E-state index in [1.165, 1.54) is 29.3 Å². The van der Waals surface area contributed by atoms with Crippen molar-refractivity contribution in [1.82, 2.24) is 14.3 Å². The molecule has 5 heterocycles. The van der Waals surface area contributed by atoms with E-state index < -0.39 is 0 Å². The average molecular weight is 528 g/mol. The van der Waals surface area contributed by atoms with E-state index in [-0.39, 0.29) is 11.6 Å². The third-order valence-electron chi connectivity index (χ3n) is 6.83. The summed E-state index contributed by atoms with van der Waals surface area (Å²) in [6, 6.07) is 9.77. The van der Waals surface area contributed by atoms with Gasteiger partial charge in [-0.1, -0.05) is 36.1 Å². The SMILES string of the molecule is C=C/C=C\C=C1/OCC2CC(=NC(Nc3ccc(N4CCN(C)CC4)cc3)=N2)c2sc3nccc(=O)n3c21. The van der Waals surface area contributed by atoms with Crippen LogP contribution in [0.1, 0.15) is 17.0 Å². The number of piperazine rings is 1. The summed E-state index contributed by atoms with van der Waals surface area (Å²) in [5, 5.41) is 3.39. The van der Waals surface area contributed by atoms with E-state index in [0.717, 1.165) is 42.5 Å². The molecule has 0 amide bonds. The maximum absolute atomic E-state index is 12.9. The van der Waals surface area contributed by atoms with Crippen molar-refractivity contribution in [3.8, 4) is 0 Å². The first-order valence-electron chi connectivity index (χ1n) is 12.7. The molecule has 6 rings (SSSR count). The zero-order valence-electron chi connectivity index (χ0n) is 21.2. The van der Waals surface area contributed by atoms with Gasteiger partial charge < -0.3 is 19.9 Å². The van der Waals surface area contributed by atoms with Crippen LogP contribution in [-0.2, 0) is 4.74 Å². The van der Waals surface area contributed by atoms with Crippen LogP contribution in [0.15, 0.2) is 82.2 Å². The first-order chi connectivity index (χ1) is 18.6. The van der Waals surface area contributed by atoms with Gasteiger partial charge in [-0.3, -0.25) is 4.79 Å². The zero-order valence-corrected chi connectivity index (χ0v) is 22.0. The van der Waals surface area contributed by atoms with Crippen molar-refractivity contribution in [2.24, 2.45) is 9.98 Å². The molecular weight excluding hydrogens is 498 g/mol. The topological polar surface area (TPSA) is 86.8 Å². The molecule has 0 aliphatic carbocycles. The number of ether oxygens (including phenoxy) is 1. The molecule has 38 heavy (non-hydrogen) atoms. The highest BCUT2D eigenvalue weighted by molar-refractivity contribution is 7.19. The summed E-state index contributed by atoms with van der Waals surface area (Å²) < 4.78 is 7.85. The number of allylic oxidation sites excluding steroid dienone is 4. The number of aromatic nitrogens is 2. The molecule has 0 radical (unpaired) electrons. The number of fused-ring (bicyclic) bond motifs is 6. The molecule has 0 spiro atoms. The number of benzene rings is 1. The Labute approximate surface area is 224 Å². The Morgan fingerprint density at radius 3 is 2.74 bits per heavy atom. The third-order valence-corrected chi connectivity index (χ3v) is 7.94. The van der Waals surface area contributed by atoms with Crippen molar-refractivity contribution in [3.63, 3.8) is 0 Å². The number of likely N-dealkylation sites (N-methyl/N-ethyl adjacent to an activating group) is 1. The summed E-state index contributed by atoms with van der Waals surface area (Å²) in [5.41, 5.74) is 3.53. The minimum absolute atomic E-state index is 0.107. The first-order valence-corrected chi connectivity index (χ1v) is 13.5. The van der Waals surface area contributed by atoms with E-state index in [1.54, 1.807) is 10.5 Å². The fourth-order valence-electron chi connectivity index (χ4n) is 4.82. The molecular formula is C28H29N7O2S. The predicted molar refractivity (Wildman–Crippen MR) is 155 cm³/mol. The Hall–Kier alpha value is -4.02. The minimum atomic E-state index is -0.157. The van der Waals surface area contributed by atoms with Gasteiger partial charge in [0.2, 0.25) is 5.96 Å². The van der Waals surface area contributed by atoms with Crippen LogP contribution in [0.25, 0.3) is 10.7 Å². The molecule has 10 heteroatoms. The van der Waals surface area contributed by atoms with Crippen LogP contribution in [0, 0.1) is 0 Å². The number of hydrogen-bond acceptors (Lipinski definition) is 9. The smallest absolute Gasteiger partial charge is 0.259 e. The highest BCUT2D eigenvalue weighted by Crippen LogP contribution is 2.33. The van der Waals surface area contributed by atoms with E-state index in [1.807, 2.05) is 18.2 Å². The molecule has 3 aliphatic rings. The molecule has 1 N–H and O–H groups in total. The third kappa shape index (κ3) is 4.80. The Balaban J connectivity index is 1.33. The maximum atomic E-state index is 12.9. The van der Waals surface area contributed by atoms with Gasteiger partial charge in [0, 0.05) is 56.2 Å². The summed E-state index contributed by atoms with van der Waals surface area (Å²) in [7, 11) is 2.16. The lowest BCUT2D eigenvalue weighted by Gasteiger charge is -2.34. The van der Waals surface area contributed by atoms with E-state index in [4.69, 9.17) is 14.7 Å². The van der Waals surface area contributed by atoms with Crippen LogP contribution in [0.4, 0.5) is 11.4 Å². The molecule has 1 unspecified atom stereocenters. The van der Waals surface area contributed by atoms with Gasteiger partial charge in [0.25, 0.3) is 5.56 Å². The number of thiazole rings is 1. The molecule has 2 bridgehead atoms. The van der Waals surface area contributed by atoms with Crippen LogP contribution in [0.3, 0.4) is 0 Å². The second-order valence-corrected chi connectivity index (χ2v) is 10.5. The van der Waals surface area contributed by atoms with Gasteiger partial charge in [-0.05, 0) is 37.4 Å². The molecule has 1 saturated heterocycles. The summed E-state index contributed by atoms with van der Waals surface area (Å²) in [6.45, 7) is 8.29. The number of aliphatic imine (C=N–C) groups is 2. The minimum Gasteiger partial charge on any atom is -0.489 e. The Kier molecular flexibility index (Phi) is 6.65. The van der Waals surface area contributed by atoms with Gasteiger partial charge in [-0.2, -0.15) is 0 Å². The molecule has 1 aromatic carbocycles. The second kappa shape index (κ2) is 10.4. The van der Waals surface area contributed by atoms with E-state index >= 15 is 0 Å². The van der Waals surface area contributed by atoms with Gasteiger partial charge in [-0.25, -0.2) is 19.4 Å². The van der Waals surface area contributed by atoms with Crippen molar-refractivity contribution >= 4 is 45.1 Å². The van der Waals surface area contributed by atoms with Crippen LogP contribution >= 0.6 is 11.3 Å². The van der Waals surface area contributed by atoms with Gasteiger partial charge in [-0.15, -0.1) is 0 Å². The van der Waals surface area contributed by atoms with E-state index in [9.17, 15) is 4.79 Å². The number of hydrogen-bond donors (Lipinski definition) is 1. The molecule has 1 fully saturated rings. The lowest BCUT2D eigenvalue weighted by molar-refractivity contribution is 0.251. The molecule has 3 aromatic rings. The molecule has 2 aromatic heterocycles. The van der Waals surface area contributed by atoms with Crippen LogP contribution < -0.4 is 15.8 Å². The van der Waals surface area contributed by atoms with Gasteiger partial charge in [0.05, 0.1) is 16.6 Å². The number of rotatable bonds is 4. The number of guanidine groups is 1. The Morgan fingerprint density at radius 1 is 1.13 bits per heavy atom. The molecule has 1 atom stereocenters. The highest BCUT2D eigenvalue weighted by atomic mass is 32.1. The van der Waals surface area contributed by atoms with Crippen molar-refractivity contribution < 1.29 is 4.74 Å². The summed E-state index contributed by atoms with van der Waals surface area (Å²) in [5.74, 6) is 1.12. The zero-order chi connectivity index (χ0) is 26.1.